The van der Waals surface area contributed by atoms with Gasteiger partial charge in [-0.1, -0.05) is 36.6 Å². The van der Waals surface area contributed by atoms with E-state index >= 15 is 0 Å². The third-order valence-electron chi connectivity index (χ3n) is 4.94. The molecule has 4 nitrogen and oxygen atoms in total. The predicted octanol–water partition coefficient (Wildman–Crippen LogP) is 5.33. The van der Waals surface area contributed by atoms with Crippen LogP contribution in [0.5, 0.6) is 5.75 Å². The number of nitrogens with zero attached hydrogens (tertiary/aromatic N) is 2. The van der Waals surface area contributed by atoms with Crippen LogP contribution in [0.4, 0.5) is 5.69 Å². The van der Waals surface area contributed by atoms with Crippen molar-refractivity contribution in [1.82, 2.24) is 4.90 Å². The largest absolute Gasteiger partial charge is 0.494 e. The summed E-state index contributed by atoms with van der Waals surface area (Å²) in [5.74, 6) is 0.831. The Kier molecular flexibility index (Phi) is 9.45. The number of benzene rings is 2. The van der Waals surface area contributed by atoms with Crippen molar-refractivity contribution in [3.63, 3.8) is 0 Å². The van der Waals surface area contributed by atoms with Crippen LogP contribution < -0.4 is 9.64 Å². The van der Waals surface area contributed by atoms with Gasteiger partial charge in [0.05, 0.1) is 6.61 Å². The minimum absolute atomic E-state index is 0.0129. The Bertz CT molecular complexity index is 771. The van der Waals surface area contributed by atoms with Gasteiger partial charge in [-0.05, 0) is 69.8 Å². The lowest BCUT2D eigenvalue weighted by Gasteiger charge is -2.18. The van der Waals surface area contributed by atoms with Crippen LogP contribution in [0.15, 0.2) is 61.2 Å². The van der Waals surface area contributed by atoms with Gasteiger partial charge in [0.1, 0.15) is 5.75 Å². The highest BCUT2D eigenvalue weighted by Crippen LogP contribution is 2.21. The standard InChI is InChI=1S/C25H34N2O2/c1-5-17-26(3)18-8-6-7-9-19-29-24-15-13-23(14-16-24)27(4)25(28)22-12-10-11-21(2)20-22/h5,10-16,20H,1,6-9,17-19H2,2-4H3. The average molecular weight is 395 g/mol. The fourth-order valence-corrected chi connectivity index (χ4v) is 3.19. The molecule has 0 bridgehead atoms. The van der Waals surface area contributed by atoms with Gasteiger partial charge in [0, 0.05) is 24.8 Å². The van der Waals surface area contributed by atoms with Crippen LogP contribution in [0.2, 0.25) is 0 Å². The Hall–Kier alpha value is -2.59. The second kappa shape index (κ2) is 12.1. The summed E-state index contributed by atoms with van der Waals surface area (Å²) in [6, 6.07) is 15.4. The summed E-state index contributed by atoms with van der Waals surface area (Å²) in [5.41, 5.74) is 2.63. The number of ether oxygens (including phenoxy) is 1. The molecule has 0 unspecified atom stereocenters. The van der Waals surface area contributed by atoms with Gasteiger partial charge in [0.25, 0.3) is 5.91 Å². The molecule has 0 saturated heterocycles. The third kappa shape index (κ3) is 7.74. The molecule has 0 spiro atoms. The number of hydrogen-bond donors (Lipinski definition) is 0. The van der Waals surface area contributed by atoms with Crippen molar-refractivity contribution < 1.29 is 9.53 Å². The van der Waals surface area contributed by atoms with E-state index in [0.717, 1.165) is 43.1 Å². The molecule has 4 heteroatoms. The van der Waals surface area contributed by atoms with Crippen LogP contribution in [-0.4, -0.2) is 44.6 Å². The first-order valence-electron chi connectivity index (χ1n) is 10.4. The van der Waals surface area contributed by atoms with Crippen molar-refractivity contribution in [2.24, 2.45) is 0 Å². The second-order valence-electron chi connectivity index (χ2n) is 7.54. The number of unbranched alkanes of at least 4 members (excludes halogenated alkanes) is 3. The zero-order chi connectivity index (χ0) is 21.1. The van der Waals surface area contributed by atoms with Gasteiger partial charge >= 0.3 is 0 Å². The number of anilines is 1. The van der Waals surface area contributed by atoms with Crippen LogP contribution >= 0.6 is 0 Å². The maximum atomic E-state index is 12.6. The van der Waals surface area contributed by atoms with Gasteiger partial charge in [-0.2, -0.15) is 0 Å². The van der Waals surface area contributed by atoms with Crippen molar-refractivity contribution in [1.29, 1.82) is 0 Å². The molecule has 0 aliphatic heterocycles. The van der Waals surface area contributed by atoms with Gasteiger partial charge in [-0.15, -0.1) is 6.58 Å². The van der Waals surface area contributed by atoms with Crippen LogP contribution in [-0.2, 0) is 0 Å². The first-order chi connectivity index (χ1) is 14.0. The van der Waals surface area contributed by atoms with Crippen molar-refractivity contribution >= 4 is 11.6 Å². The summed E-state index contributed by atoms with van der Waals surface area (Å²) in [4.78, 5) is 16.6. The highest BCUT2D eigenvalue weighted by atomic mass is 16.5. The molecule has 0 aliphatic carbocycles. The number of aryl methyl sites for hydroxylation is 1. The van der Waals surface area contributed by atoms with Crippen molar-refractivity contribution in [2.45, 2.75) is 32.6 Å². The van der Waals surface area contributed by atoms with Crippen molar-refractivity contribution in [3.8, 4) is 5.75 Å². The van der Waals surface area contributed by atoms with E-state index in [1.54, 1.807) is 11.9 Å². The maximum Gasteiger partial charge on any atom is 0.258 e. The van der Waals surface area contributed by atoms with Crippen molar-refractivity contribution in [2.75, 3.05) is 38.7 Å². The van der Waals surface area contributed by atoms with Crippen LogP contribution in [0.3, 0.4) is 0 Å². The molecule has 0 aliphatic rings. The van der Waals surface area contributed by atoms with Gasteiger partial charge in [0.2, 0.25) is 0 Å². The normalized spacial score (nSPS) is 10.8. The smallest absolute Gasteiger partial charge is 0.258 e. The number of rotatable bonds is 12. The quantitative estimate of drug-likeness (QED) is 0.360. The minimum Gasteiger partial charge on any atom is -0.494 e. The molecule has 29 heavy (non-hydrogen) atoms. The molecule has 0 fully saturated rings. The molecule has 0 atom stereocenters. The molecule has 2 aromatic rings. The number of amides is 1. The Morgan fingerprint density at radius 3 is 2.45 bits per heavy atom. The summed E-state index contributed by atoms with van der Waals surface area (Å²) in [5, 5.41) is 0. The highest BCUT2D eigenvalue weighted by Gasteiger charge is 2.13. The molecule has 0 aromatic heterocycles. The lowest BCUT2D eigenvalue weighted by Crippen LogP contribution is -2.26. The zero-order valence-corrected chi connectivity index (χ0v) is 18.1. The zero-order valence-electron chi connectivity index (χ0n) is 18.1. The molecular formula is C25H34N2O2. The number of carbonyl (C=O) groups excluding carboxylic acids is 1. The van der Waals surface area contributed by atoms with E-state index in [-0.39, 0.29) is 5.91 Å². The van der Waals surface area contributed by atoms with E-state index in [2.05, 4.69) is 18.5 Å². The van der Waals surface area contributed by atoms with Crippen LogP contribution in [0.25, 0.3) is 0 Å². The Labute approximate surface area is 175 Å². The maximum absolute atomic E-state index is 12.6. The van der Waals surface area contributed by atoms with Gasteiger partial charge in [-0.25, -0.2) is 0 Å². The summed E-state index contributed by atoms with van der Waals surface area (Å²) >= 11 is 0. The highest BCUT2D eigenvalue weighted by molar-refractivity contribution is 6.05. The Morgan fingerprint density at radius 1 is 1.03 bits per heavy atom. The summed E-state index contributed by atoms with van der Waals surface area (Å²) in [7, 11) is 3.92. The van der Waals surface area contributed by atoms with E-state index in [0.29, 0.717) is 5.56 Å². The Balaban J connectivity index is 1.71. The molecule has 0 heterocycles. The van der Waals surface area contributed by atoms with E-state index < -0.39 is 0 Å². The van der Waals surface area contributed by atoms with Gasteiger partial charge < -0.3 is 14.5 Å². The molecule has 0 N–H and O–H groups in total. The second-order valence-corrected chi connectivity index (χ2v) is 7.54. The Morgan fingerprint density at radius 2 is 1.76 bits per heavy atom. The fourth-order valence-electron chi connectivity index (χ4n) is 3.19. The SMILES string of the molecule is C=CCN(C)CCCCCCOc1ccc(N(C)C(=O)c2cccc(C)c2)cc1. The molecule has 2 aromatic carbocycles. The first-order valence-corrected chi connectivity index (χ1v) is 10.4. The monoisotopic (exact) mass is 394 g/mol. The van der Waals surface area contributed by atoms with Crippen LogP contribution in [0, 0.1) is 6.92 Å². The molecule has 156 valence electrons. The lowest BCUT2D eigenvalue weighted by atomic mass is 10.1. The van der Waals surface area contributed by atoms with Crippen LogP contribution in [0.1, 0.15) is 41.6 Å². The number of likely N-dealkylation sites (N-methyl/N-ethyl adjacent to an activating group) is 1. The van der Waals surface area contributed by atoms with E-state index in [9.17, 15) is 4.79 Å². The summed E-state index contributed by atoms with van der Waals surface area (Å²) in [6.45, 7) is 8.54. The molecular weight excluding hydrogens is 360 g/mol. The van der Waals surface area contributed by atoms with E-state index in [1.807, 2.05) is 61.5 Å². The molecule has 2 rings (SSSR count). The van der Waals surface area contributed by atoms with Gasteiger partial charge in [-0.3, -0.25) is 4.79 Å². The topological polar surface area (TPSA) is 32.8 Å². The lowest BCUT2D eigenvalue weighted by molar-refractivity contribution is 0.0993. The summed E-state index contributed by atoms with van der Waals surface area (Å²) in [6.07, 6.45) is 6.60. The molecule has 1 amide bonds. The number of hydrogen-bond acceptors (Lipinski definition) is 3. The number of carbonyl (C=O) groups is 1. The minimum atomic E-state index is -0.0129. The first kappa shape index (κ1) is 22.7. The third-order valence-corrected chi connectivity index (χ3v) is 4.94. The van der Waals surface area contributed by atoms with Crippen molar-refractivity contribution in [3.05, 3.63) is 72.3 Å². The molecule has 0 radical (unpaired) electrons. The van der Waals surface area contributed by atoms with Gasteiger partial charge in [0.15, 0.2) is 0 Å². The summed E-state index contributed by atoms with van der Waals surface area (Å²) < 4.78 is 5.84. The molecule has 0 saturated carbocycles. The average Bonchev–Trinajstić information content (AvgIpc) is 2.72. The fraction of sp³-hybridized carbons (Fsp3) is 0.400. The van der Waals surface area contributed by atoms with E-state index in [1.165, 1.54) is 19.3 Å². The predicted molar refractivity (Wildman–Crippen MR) is 122 cm³/mol. The van der Waals surface area contributed by atoms with E-state index in [4.69, 9.17) is 4.74 Å².